The van der Waals surface area contributed by atoms with Crippen molar-refractivity contribution in [1.29, 1.82) is 0 Å². The molecule has 0 spiro atoms. The molecule has 0 atom stereocenters. The molecule has 1 aliphatic rings. The maximum atomic E-state index is 13.7. The zero-order valence-electron chi connectivity index (χ0n) is 13.0. The molecule has 2 aromatic rings. The molecule has 6 heteroatoms. The Morgan fingerprint density at radius 2 is 2.00 bits per heavy atom. The van der Waals surface area contributed by atoms with Crippen molar-refractivity contribution in [3.05, 3.63) is 65.6 Å². The molecule has 0 unspecified atom stereocenters. The number of para-hydroxylation sites is 1. The molecule has 1 N–H and O–H groups in total. The largest absolute Gasteiger partial charge is 0.494 e. The number of amidine groups is 1. The van der Waals surface area contributed by atoms with Gasteiger partial charge in [-0.05, 0) is 35.9 Å². The van der Waals surface area contributed by atoms with Crippen LogP contribution in [0.5, 0.6) is 11.5 Å². The van der Waals surface area contributed by atoms with E-state index in [1.165, 1.54) is 25.3 Å². The van der Waals surface area contributed by atoms with Crippen LogP contribution in [0.3, 0.4) is 0 Å². The second kappa shape index (κ2) is 6.95. The fraction of sp³-hybridized carbons (Fsp3) is 0.111. The molecule has 3 rings (SSSR count). The highest BCUT2D eigenvalue weighted by Crippen LogP contribution is 2.20. The maximum Gasteiger partial charge on any atom is 0.275 e. The fourth-order valence-electron chi connectivity index (χ4n) is 2.18. The summed E-state index contributed by atoms with van der Waals surface area (Å²) in [6.45, 7) is 0.143. The Morgan fingerprint density at radius 3 is 2.71 bits per heavy atom. The summed E-state index contributed by atoms with van der Waals surface area (Å²) < 4.78 is 24.1. The molecule has 1 amide bonds. The van der Waals surface area contributed by atoms with Crippen molar-refractivity contribution in [3.63, 3.8) is 0 Å². The van der Waals surface area contributed by atoms with Crippen LogP contribution in [-0.2, 0) is 4.79 Å². The monoisotopic (exact) mass is 326 g/mol. The lowest BCUT2D eigenvalue weighted by molar-refractivity contribution is -0.115. The van der Waals surface area contributed by atoms with Crippen molar-refractivity contribution in [3.8, 4) is 11.5 Å². The molecule has 1 aliphatic heterocycles. The van der Waals surface area contributed by atoms with Gasteiger partial charge in [0.25, 0.3) is 5.91 Å². The van der Waals surface area contributed by atoms with Crippen LogP contribution in [0.15, 0.2) is 59.2 Å². The summed E-state index contributed by atoms with van der Waals surface area (Å²) in [4.78, 5) is 16.1. The number of hydrogen-bond acceptors (Lipinski definition) is 4. The quantitative estimate of drug-likeness (QED) is 0.860. The van der Waals surface area contributed by atoms with E-state index in [0.717, 1.165) is 0 Å². The summed E-state index contributed by atoms with van der Waals surface area (Å²) in [5.74, 6) is 0.390. The minimum atomic E-state index is -0.498. The number of aliphatic imine (C=N–C) groups is 1. The van der Waals surface area contributed by atoms with Gasteiger partial charge >= 0.3 is 0 Å². The normalized spacial score (nSPS) is 15.2. The van der Waals surface area contributed by atoms with E-state index in [9.17, 15) is 9.18 Å². The van der Waals surface area contributed by atoms with Gasteiger partial charge in [-0.1, -0.05) is 24.3 Å². The molecule has 0 saturated carbocycles. The number of nitrogens with zero attached hydrogens (tertiary/aromatic N) is 1. The molecular weight excluding hydrogens is 311 g/mol. The molecule has 2 aromatic carbocycles. The number of carbonyl (C=O) groups excluding carboxylic acids is 1. The molecule has 0 aromatic heterocycles. The van der Waals surface area contributed by atoms with Gasteiger partial charge in [-0.15, -0.1) is 0 Å². The number of amides is 1. The zero-order chi connectivity index (χ0) is 16.9. The van der Waals surface area contributed by atoms with Crippen LogP contribution in [0.4, 0.5) is 4.39 Å². The molecule has 5 nitrogen and oxygen atoms in total. The van der Waals surface area contributed by atoms with E-state index < -0.39 is 5.82 Å². The van der Waals surface area contributed by atoms with E-state index in [1.807, 2.05) is 30.3 Å². The highest BCUT2D eigenvalue weighted by Gasteiger charge is 2.20. The summed E-state index contributed by atoms with van der Waals surface area (Å²) in [7, 11) is 1.39. The summed E-state index contributed by atoms with van der Waals surface area (Å²) in [6, 6.07) is 13.7. The second-order valence-corrected chi connectivity index (χ2v) is 5.04. The van der Waals surface area contributed by atoms with E-state index in [2.05, 4.69) is 10.3 Å². The second-order valence-electron chi connectivity index (χ2n) is 5.04. The SMILES string of the molecule is COc1ccc(/C=C2/N=C(COc3ccccc3)NC2=O)cc1F. The zero-order valence-corrected chi connectivity index (χ0v) is 13.0. The van der Waals surface area contributed by atoms with Crippen molar-refractivity contribution in [2.75, 3.05) is 13.7 Å². The van der Waals surface area contributed by atoms with E-state index in [4.69, 9.17) is 9.47 Å². The van der Waals surface area contributed by atoms with Gasteiger partial charge in [0.1, 0.15) is 23.9 Å². The summed E-state index contributed by atoms with van der Waals surface area (Å²) in [5, 5.41) is 2.63. The third-order valence-corrected chi connectivity index (χ3v) is 3.34. The number of methoxy groups -OCH3 is 1. The van der Waals surface area contributed by atoms with Crippen LogP contribution in [-0.4, -0.2) is 25.5 Å². The van der Waals surface area contributed by atoms with Crippen molar-refractivity contribution < 1.29 is 18.7 Å². The summed E-state index contributed by atoms with van der Waals surface area (Å²) in [5.41, 5.74) is 0.721. The third kappa shape index (κ3) is 3.60. The lowest BCUT2D eigenvalue weighted by Gasteiger charge is -2.04. The standard InChI is InChI=1S/C18H15FN2O3/c1-23-16-8-7-12(9-14(16)19)10-15-18(22)21-17(20-15)11-24-13-5-3-2-4-6-13/h2-10H,11H2,1H3,(H,20,21,22)/b15-10+. The maximum absolute atomic E-state index is 13.7. The van der Waals surface area contributed by atoms with Gasteiger partial charge in [0.2, 0.25) is 0 Å². The Kier molecular flexibility index (Phi) is 4.56. The van der Waals surface area contributed by atoms with Gasteiger partial charge in [0.05, 0.1) is 7.11 Å². The van der Waals surface area contributed by atoms with Crippen LogP contribution >= 0.6 is 0 Å². The van der Waals surface area contributed by atoms with E-state index in [0.29, 0.717) is 17.1 Å². The first-order chi connectivity index (χ1) is 11.7. The van der Waals surface area contributed by atoms with E-state index in [-0.39, 0.29) is 24.0 Å². The van der Waals surface area contributed by atoms with E-state index >= 15 is 0 Å². The fourth-order valence-corrected chi connectivity index (χ4v) is 2.18. The van der Waals surface area contributed by atoms with Gasteiger partial charge < -0.3 is 14.8 Å². The van der Waals surface area contributed by atoms with Crippen molar-refractivity contribution >= 4 is 17.8 Å². The van der Waals surface area contributed by atoms with Crippen LogP contribution in [0.2, 0.25) is 0 Å². The number of carbonyl (C=O) groups is 1. The molecule has 0 bridgehead atoms. The van der Waals surface area contributed by atoms with Gasteiger partial charge in [0.15, 0.2) is 11.6 Å². The van der Waals surface area contributed by atoms with Crippen molar-refractivity contribution in [1.82, 2.24) is 5.32 Å². The van der Waals surface area contributed by atoms with Gasteiger partial charge in [-0.3, -0.25) is 4.79 Å². The van der Waals surface area contributed by atoms with Gasteiger partial charge in [0, 0.05) is 0 Å². The average molecular weight is 326 g/mol. The third-order valence-electron chi connectivity index (χ3n) is 3.34. The number of halogens is 1. The lowest BCUT2D eigenvalue weighted by Crippen LogP contribution is -2.28. The van der Waals surface area contributed by atoms with Crippen LogP contribution in [0, 0.1) is 5.82 Å². The summed E-state index contributed by atoms with van der Waals surface area (Å²) >= 11 is 0. The van der Waals surface area contributed by atoms with Crippen LogP contribution in [0.1, 0.15) is 5.56 Å². The van der Waals surface area contributed by atoms with Gasteiger partial charge in [-0.2, -0.15) is 0 Å². The Labute approximate surface area is 138 Å². The number of nitrogens with one attached hydrogen (secondary N) is 1. The molecule has 0 fully saturated rings. The Hall–Kier alpha value is -3.15. The van der Waals surface area contributed by atoms with Crippen LogP contribution in [0.25, 0.3) is 6.08 Å². The number of rotatable bonds is 5. The molecule has 122 valence electrons. The highest BCUT2D eigenvalue weighted by molar-refractivity contribution is 6.14. The Bertz CT molecular complexity index is 816. The Balaban J connectivity index is 1.72. The summed E-state index contributed by atoms with van der Waals surface area (Å²) in [6.07, 6.45) is 1.51. The molecule has 0 radical (unpaired) electrons. The van der Waals surface area contributed by atoms with Crippen molar-refractivity contribution in [2.45, 2.75) is 0 Å². The predicted octanol–water partition coefficient (Wildman–Crippen LogP) is 2.78. The first-order valence-electron chi connectivity index (χ1n) is 7.28. The first-order valence-corrected chi connectivity index (χ1v) is 7.28. The smallest absolute Gasteiger partial charge is 0.275 e. The number of benzene rings is 2. The number of ether oxygens (including phenoxy) is 2. The molecule has 0 saturated heterocycles. The molecule has 1 heterocycles. The predicted molar refractivity (Wildman–Crippen MR) is 88.4 cm³/mol. The van der Waals surface area contributed by atoms with Crippen LogP contribution < -0.4 is 14.8 Å². The number of hydrogen-bond donors (Lipinski definition) is 1. The molecule has 24 heavy (non-hydrogen) atoms. The molecular formula is C18H15FN2O3. The van der Waals surface area contributed by atoms with Gasteiger partial charge in [-0.25, -0.2) is 9.38 Å². The first kappa shape index (κ1) is 15.7. The minimum absolute atomic E-state index is 0.143. The highest BCUT2D eigenvalue weighted by atomic mass is 19.1. The lowest BCUT2D eigenvalue weighted by atomic mass is 10.2. The topological polar surface area (TPSA) is 59.9 Å². The van der Waals surface area contributed by atoms with Crippen molar-refractivity contribution in [2.24, 2.45) is 4.99 Å². The Morgan fingerprint density at radius 1 is 1.21 bits per heavy atom. The minimum Gasteiger partial charge on any atom is -0.494 e. The average Bonchev–Trinajstić information content (AvgIpc) is 2.94. The molecule has 0 aliphatic carbocycles. The van der Waals surface area contributed by atoms with E-state index in [1.54, 1.807) is 6.07 Å².